The van der Waals surface area contributed by atoms with Crippen LogP contribution in [-0.4, -0.2) is 5.78 Å². The molecule has 1 aromatic carbocycles. The zero-order chi connectivity index (χ0) is 13.1. The van der Waals surface area contributed by atoms with Crippen molar-refractivity contribution in [2.24, 2.45) is 0 Å². The zero-order valence-corrected chi connectivity index (χ0v) is 10.8. The second kappa shape index (κ2) is 5.59. The van der Waals surface area contributed by atoms with Gasteiger partial charge in [0.2, 0.25) is 0 Å². The van der Waals surface area contributed by atoms with E-state index in [2.05, 4.69) is 0 Å². The first-order chi connectivity index (χ1) is 8.52. The van der Waals surface area contributed by atoms with Crippen molar-refractivity contribution in [3.8, 4) is 0 Å². The zero-order valence-electron chi connectivity index (χ0n) is 9.25. The molecule has 0 radical (unpaired) electrons. The van der Waals surface area contributed by atoms with Crippen LogP contribution in [0.4, 0.5) is 8.78 Å². The molecule has 0 fully saturated rings. The first kappa shape index (κ1) is 13.2. The molecule has 0 aliphatic heterocycles. The van der Waals surface area contributed by atoms with Gasteiger partial charge in [-0.3, -0.25) is 4.79 Å². The normalized spacial score (nSPS) is 10.6. The van der Waals surface area contributed by atoms with Gasteiger partial charge in [0.1, 0.15) is 17.4 Å². The summed E-state index contributed by atoms with van der Waals surface area (Å²) in [6.07, 6.45) is 0.250. The van der Waals surface area contributed by atoms with E-state index in [0.717, 1.165) is 10.9 Å². The third kappa shape index (κ3) is 3.62. The Morgan fingerprint density at radius 3 is 2.33 bits per heavy atom. The molecule has 0 unspecified atom stereocenters. The van der Waals surface area contributed by atoms with E-state index >= 15 is 0 Å². The number of Topliss-reactive ketones (excluding diaryl/α,β-unsaturated/α-hetero) is 1. The van der Waals surface area contributed by atoms with E-state index in [-0.39, 0.29) is 18.6 Å². The van der Waals surface area contributed by atoms with Crippen LogP contribution >= 0.6 is 22.9 Å². The monoisotopic (exact) mass is 286 g/mol. The smallest absolute Gasteiger partial charge is 0.142 e. The molecular weight excluding hydrogens is 278 g/mol. The molecule has 0 N–H and O–H groups in total. The first-order valence-corrected chi connectivity index (χ1v) is 6.43. The van der Waals surface area contributed by atoms with Crippen LogP contribution in [-0.2, 0) is 17.6 Å². The minimum Gasteiger partial charge on any atom is -0.299 e. The lowest BCUT2D eigenvalue weighted by atomic mass is 10.1. The van der Waals surface area contributed by atoms with E-state index in [4.69, 9.17) is 11.6 Å². The van der Waals surface area contributed by atoms with E-state index in [1.807, 2.05) is 0 Å². The number of benzene rings is 1. The number of hydrogen-bond acceptors (Lipinski definition) is 2. The van der Waals surface area contributed by atoms with Crippen molar-refractivity contribution >= 4 is 28.7 Å². The van der Waals surface area contributed by atoms with Crippen molar-refractivity contribution in [2.75, 3.05) is 0 Å². The predicted molar refractivity (Wildman–Crippen MR) is 68.1 cm³/mol. The molecule has 0 spiro atoms. The van der Waals surface area contributed by atoms with Crippen molar-refractivity contribution in [3.63, 3.8) is 0 Å². The number of thiophene rings is 1. The maximum absolute atomic E-state index is 12.9. The van der Waals surface area contributed by atoms with Gasteiger partial charge in [0.25, 0.3) is 0 Å². The maximum Gasteiger partial charge on any atom is 0.142 e. The lowest BCUT2D eigenvalue weighted by molar-refractivity contribution is -0.117. The second-order valence-electron chi connectivity index (χ2n) is 3.88. The lowest BCUT2D eigenvalue weighted by Crippen LogP contribution is -2.06. The summed E-state index contributed by atoms with van der Waals surface area (Å²) in [6, 6.07) is 6.62. The van der Waals surface area contributed by atoms with Gasteiger partial charge < -0.3 is 0 Å². The van der Waals surface area contributed by atoms with Crippen LogP contribution in [0.3, 0.4) is 0 Å². The highest BCUT2D eigenvalue weighted by atomic mass is 35.5. The Bertz CT molecular complexity index is 560. The van der Waals surface area contributed by atoms with E-state index in [0.29, 0.717) is 9.90 Å². The Balaban J connectivity index is 2.02. The summed E-state index contributed by atoms with van der Waals surface area (Å²) >= 11 is 7.08. The number of carbonyl (C=O) groups is 1. The fraction of sp³-hybridized carbons (Fsp3) is 0.154. The number of halogens is 3. The van der Waals surface area contributed by atoms with Gasteiger partial charge in [-0.25, -0.2) is 8.78 Å². The van der Waals surface area contributed by atoms with Crippen LogP contribution in [0.15, 0.2) is 30.3 Å². The fourth-order valence-corrected chi connectivity index (χ4v) is 2.76. The Kier molecular flexibility index (Phi) is 4.09. The van der Waals surface area contributed by atoms with E-state index in [1.54, 1.807) is 12.1 Å². The summed E-state index contributed by atoms with van der Waals surface area (Å²) in [5.74, 6) is -1.44. The number of rotatable bonds is 4. The van der Waals surface area contributed by atoms with Gasteiger partial charge in [0.05, 0.1) is 4.34 Å². The second-order valence-corrected chi connectivity index (χ2v) is 5.68. The van der Waals surface area contributed by atoms with Gasteiger partial charge in [-0.2, -0.15) is 0 Å². The summed E-state index contributed by atoms with van der Waals surface area (Å²) in [7, 11) is 0. The van der Waals surface area contributed by atoms with Crippen molar-refractivity contribution in [2.45, 2.75) is 12.8 Å². The molecule has 2 aromatic rings. The molecule has 0 amide bonds. The molecular formula is C13H9ClF2OS. The van der Waals surface area contributed by atoms with Crippen molar-refractivity contribution < 1.29 is 13.6 Å². The third-order valence-corrected chi connectivity index (χ3v) is 3.56. The lowest BCUT2D eigenvalue weighted by Gasteiger charge is -2.01. The van der Waals surface area contributed by atoms with Crippen LogP contribution in [0.2, 0.25) is 4.34 Å². The highest BCUT2D eigenvalue weighted by Crippen LogP contribution is 2.22. The van der Waals surface area contributed by atoms with Crippen molar-refractivity contribution in [1.29, 1.82) is 0 Å². The molecule has 18 heavy (non-hydrogen) atoms. The molecule has 0 bridgehead atoms. The molecule has 0 atom stereocenters. The molecule has 0 saturated carbocycles. The van der Waals surface area contributed by atoms with Gasteiger partial charge in [0, 0.05) is 23.8 Å². The molecule has 0 aliphatic rings. The molecule has 2 rings (SSSR count). The molecule has 1 nitrogen and oxygen atoms in total. The third-order valence-electron chi connectivity index (χ3n) is 2.32. The molecule has 1 aromatic heterocycles. The Morgan fingerprint density at radius 1 is 1.11 bits per heavy atom. The SMILES string of the molecule is O=C(Cc1cc(F)cc(F)c1)Cc1ccc(Cl)s1. The van der Waals surface area contributed by atoms with Gasteiger partial charge in [-0.15, -0.1) is 11.3 Å². The van der Waals surface area contributed by atoms with Crippen LogP contribution in [0.25, 0.3) is 0 Å². The molecule has 5 heteroatoms. The molecule has 0 aliphatic carbocycles. The summed E-state index contributed by atoms with van der Waals surface area (Å²) in [6.45, 7) is 0. The topological polar surface area (TPSA) is 17.1 Å². The largest absolute Gasteiger partial charge is 0.299 e. The highest BCUT2D eigenvalue weighted by molar-refractivity contribution is 7.16. The number of carbonyl (C=O) groups excluding carboxylic acids is 1. The maximum atomic E-state index is 12.9. The fourth-order valence-electron chi connectivity index (χ4n) is 1.64. The molecule has 1 heterocycles. The van der Waals surface area contributed by atoms with E-state index in [9.17, 15) is 13.6 Å². The van der Waals surface area contributed by atoms with Crippen LogP contribution < -0.4 is 0 Å². The summed E-state index contributed by atoms with van der Waals surface area (Å²) in [5, 5.41) is 0. The number of ketones is 1. The standard InChI is InChI=1S/C13H9ClF2OS/c14-13-2-1-12(18-13)7-11(17)5-8-3-9(15)6-10(16)4-8/h1-4,6H,5,7H2. The van der Waals surface area contributed by atoms with Gasteiger partial charge in [-0.05, 0) is 29.8 Å². The molecule has 94 valence electrons. The van der Waals surface area contributed by atoms with Gasteiger partial charge in [0.15, 0.2) is 0 Å². The minimum absolute atomic E-state index is 0.0181. The van der Waals surface area contributed by atoms with Crippen LogP contribution in [0, 0.1) is 11.6 Å². The Labute approximate surface area is 112 Å². The van der Waals surface area contributed by atoms with Crippen LogP contribution in [0.1, 0.15) is 10.4 Å². The summed E-state index contributed by atoms with van der Waals surface area (Å²) < 4.78 is 26.5. The first-order valence-electron chi connectivity index (χ1n) is 5.24. The Morgan fingerprint density at radius 2 is 1.78 bits per heavy atom. The summed E-state index contributed by atoms with van der Waals surface area (Å²) in [5.41, 5.74) is 0.347. The van der Waals surface area contributed by atoms with E-state index < -0.39 is 11.6 Å². The van der Waals surface area contributed by atoms with Crippen molar-refractivity contribution in [1.82, 2.24) is 0 Å². The van der Waals surface area contributed by atoms with E-state index in [1.165, 1.54) is 23.5 Å². The Hall–Kier alpha value is -1.26. The van der Waals surface area contributed by atoms with Crippen molar-refractivity contribution in [3.05, 3.63) is 56.7 Å². The highest BCUT2D eigenvalue weighted by Gasteiger charge is 2.09. The minimum atomic E-state index is -0.669. The van der Waals surface area contributed by atoms with Crippen LogP contribution in [0.5, 0.6) is 0 Å². The van der Waals surface area contributed by atoms with Gasteiger partial charge >= 0.3 is 0 Å². The predicted octanol–water partition coefficient (Wildman–Crippen LogP) is 4.03. The average Bonchev–Trinajstić information content (AvgIpc) is 2.61. The van der Waals surface area contributed by atoms with Gasteiger partial charge in [-0.1, -0.05) is 11.6 Å². The molecule has 0 saturated heterocycles. The quantitative estimate of drug-likeness (QED) is 0.829. The summed E-state index contributed by atoms with van der Waals surface area (Å²) in [4.78, 5) is 12.6. The number of hydrogen-bond donors (Lipinski definition) is 0. The average molecular weight is 287 g/mol.